The van der Waals surface area contributed by atoms with Gasteiger partial charge in [-0.3, -0.25) is 0 Å². The van der Waals surface area contributed by atoms with Crippen molar-refractivity contribution in [2.24, 2.45) is 0 Å². The summed E-state index contributed by atoms with van der Waals surface area (Å²) in [6, 6.07) is 2.08. The zero-order valence-corrected chi connectivity index (χ0v) is 11.8. The molecule has 1 atom stereocenters. The van der Waals surface area contributed by atoms with E-state index in [0.717, 1.165) is 12.2 Å². The number of hydrogen-bond acceptors (Lipinski definition) is 7. The molecule has 0 saturated heterocycles. The smallest absolute Gasteiger partial charge is 0.257 e. The number of anilines is 2. The zero-order valence-electron chi connectivity index (χ0n) is 10.9. The fraction of sp³-hybridized carbons (Fsp3) is 0.455. The Labute approximate surface area is 116 Å². The van der Waals surface area contributed by atoms with Gasteiger partial charge in [-0.15, -0.1) is 0 Å². The van der Waals surface area contributed by atoms with Gasteiger partial charge < -0.3 is 11.1 Å². The fourth-order valence-corrected chi connectivity index (χ4v) is 2.11. The topological polar surface area (TPSA) is 94.5 Å². The molecule has 0 aliphatic carbocycles. The van der Waals surface area contributed by atoms with Crippen molar-refractivity contribution in [2.45, 2.75) is 19.4 Å². The molecule has 0 aliphatic rings. The largest absolute Gasteiger partial charge is 0.368 e. The highest BCUT2D eigenvalue weighted by Crippen LogP contribution is 2.09. The Bertz CT molecular complexity index is 514. The summed E-state index contributed by atoms with van der Waals surface area (Å²) in [4.78, 5) is 12.5. The van der Waals surface area contributed by atoms with E-state index < -0.39 is 0 Å². The monoisotopic (exact) mass is 279 g/mol. The lowest BCUT2D eigenvalue weighted by Crippen LogP contribution is -2.19. The molecule has 2 rings (SSSR count). The Hall–Kier alpha value is -1.83. The van der Waals surface area contributed by atoms with Crippen molar-refractivity contribution in [3.8, 4) is 5.95 Å². The van der Waals surface area contributed by atoms with E-state index in [0.29, 0.717) is 11.9 Å². The normalized spacial score (nSPS) is 12.3. The lowest BCUT2D eigenvalue weighted by molar-refractivity contribution is 0.747. The first-order chi connectivity index (χ1) is 9.19. The van der Waals surface area contributed by atoms with Crippen LogP contribution in [0.15, 0.2) is 18.5 Å². The number of aromatic nitrogens is 5. The second kappa shape index (κ2) is 6.37. The molecule has 0 saturated carbocycles. The molecular formula is C11H17N7S. The van der Waals surface area contributed by atoms with Gasteiger partial charge in [0.15, 0.2) is 0 Å². The quantitative estimate of drug-likeness (QED) is 0.820. The van der Waals surface area contributed by atoms with Crippen LogP contribution in [0.5, 0.6) is 0 Å². The maximum absolute atomic E-state index is 5.69. The van der Waals surface area contributed by atoms with E-state index in [4.69, 9.17) is 5.73 Å². The summed E-state index contributed by atoms with van der Waals surface area (Å²) in [6.07, 6.45) is 6.54. The minimum atomic E-state index is 0.181. The third-order valence-corrected chi connectivity index (χ3v) is 3.12. The van der Waals surface area contributed by atoms with Gasteiger partial charge in [0, 0.05) is 18.4 Å². The summed E-state index contributed by atoms with van der Waals surface area (Å²) in [5.74, 6) is 2.16. The molecule has 1 unspecified atom stereocenters. The Morgan fingerprint density at radius 3 is 2.95 bits per heavy atom. The van der Waals surface area contributed by atoms with Crippen LogP contribution in [0.2, 0.25) is 0 Å². The number of rotatable bonds is 6. The van der Waals surface area contributed by atoms with E-state index in [1.165, 1.54) is 0 Å². The van der Waals surface area contributed by atoms with E-state index in [-0.39, 0.29) is 12.0 Å². The van der Waals surface area contributed by atoms with Crippen LogP contribution in [0.1, 0.15) is 13.3 Å². The summed E-state index contributed by atoms with van der Waals surface area (Å²) >= 11 is 1.81. The van der Waals surface area contributed by atoms with Crippen LogP contribution in [0.4, 0.5) is 11.9 Å². The Kier molecular flexibility index (Phi) is 4.56. The van der Waals surface area contributed by atoms with Crippen molar-refractivity contribution in [3.63, 3.8) is 0 Å². The molecule has 0 aromatic carbocycles. The van der Waals surface area contributed by atoms with Crippen LogP contribution in [-0.4, -0.2) is 42.8 Å². The van der Waals surface area contributed by atoms with Crippen molar-refractivity contribution in [2.75, 3.05) is 23.1 Å². The zero-order chi connectivity index (χ0) is 13.7. The molecule has 19 heavy (non-hydrogen) atoms. The highest BCUT2D eigenvalue weighted by Gasteiger charge is 2.09. The Balaban J connectivity index is 2.13. The van der Waals surface area contributed by atoms with Crippen molar-refractivity contribution in [3.05, 3.63) is 18.5 Å². The van der Waals surface area contributed by atoms with Crippen LogP contribution in [0.25, 0.3) is 5.95 Å². The first kappa shape index (κ1) is 13.6. The summed E-state index contributed by atoms with van der Waals surface area (Å²) < 4.78 is 1.55. The molecule has 2 aromatic heterocycles. The van der Waals surface area contributed by atoms with Gasteiger partial charge in [0.2, 0.25) is 11.9 Å². The molecule has 2 heterocycles. The maximum atomic E-state index is 5.69. The summed E-state index contributed by atoms with van der Waals surface area (Å²) in [5.41, 5.74) is 5.69. The van der Waals surface area contributed by atoms with Crippen molar-refractivity contribution in [1.29, 1.82) is 0 Å². The van der Waals surface area contributed by atoms with Gasteiger partial charge in [0.05, 0.1) is 0 Å². The maximum Gasteiger partial charge on any atom is 0.257 e. The van der Waals surface area contributed by atoms with Crippen LogP contribution < -0.4 is 11.1 Å². The molecule has 7 nitrogen and oxygen atoms in total. The molecule has 0 fully saturated rings. The minimum absolute atomic E-state index is 0.181. The SMILES string of the molecule is CSCCC(C)Nc1nc(N)nc(-n2cccn2)n1. The number of hydrogen-bond donors (Lipinski definition) is 2. The number of thioether (sulfide) groups is 1. The predicted octanol–water partition coefficient (Wildman–Crippen LogP) is 1.19. The van der Waals surface area contributed by atoms with Crippen LogP contribution >= 0.6 is 11.8 Å². The Morgan fingerprint density at radius 2 is 2.26 bits per heavy atom. The lowest BCUT2D eigenvalue weighted by Gasteiger charge is -2.13. The fourth-order valence-electron chi connectivity index (χ4n) is 1.52. The molecular weight excluding hydrogens is 262 g/mol. The lowest BCUT2D eigenvalue weighted by atomic mass is 10.3. The molecule has 2 aromatic rings. The van der Waals surface area contributed by atoms with Gasteiger partial charge in [-0.25, -0.2) is 4.68 Å². The number of nitrogen functional groups attached to an aromatic ring is 1. The number of nitrogens with zero attached hydrogens (tertiary/aromatic N) is 5. The van der Waals surface area contributed by atoms with Gasteiger partial charge in [0.25, 0.3) is 5.95 Å². The third-order valence-electron chi connectivity index (χ3n) is 2.48. The van der Waals surface area contributed by atoms with Gasteiger partial charge in [-0.05, 0) is 31.4 Å². The van der Waals surface area contributed by atoms with E-state index in [1.54, 1.807) is 23.1 Å². The third kappa shape index (κ3) is 3.82. The van der Waals surface area contributed by atoms with Crippen molar-refractivity contribution >= 4 is 23.7 Å². The molecule has 0 bridgehead atoms. The standard InChI is InChI=1S/C11H17N7S/c1-8(4-7-19-2)14-10-15-9(12)16-11(17-10)18-6-3-5-13-18/h3,5-6,8H,4,7H2,1-2H3,(H3,12,14,15,16,17). The predicted molar refractivity (Wildman–Crippen MR) is 77.4 cm³/mol. The summed E-state index contributed by atoms with van der Waals surface area (Å²) in [5, 5.41) is 7.30. The van der Waals surface area contributed by atoms with E-state index in [1.807, 2.05) is 11.8 Å². The molecule has 0 amide bonds. The van der Waals surface area contributed by atoms with Gasteiger partial charge in [-0.1, -0.05) is 0 Å². The second-order valence-electron chi connectivity index (χ2n) is 4.09. The van der Waals surface area contributed by atoms with Gasteiger partial charge >= 0.3 is 0 Å². The van der Waals surface area contributed by atoms with Crippen LogP contribution in [0, 0.1) is 0 Å². The van der Waals surface area contributed by atoms with Gasteiger partial charge in [0.1, 0.15) is 0 Å². The summed E-state index contributed by atoms with van der Waals surface area (Å²) in [6.45, 7) is 2.09. The van der Waals surface area contributed by atoms with Gasteiger partial charge in [-0.2, -0.15) is 31.8 Å². The van der Waals surface area contributed by atoms with E-state index in [9.17, 15) is 0 Å². The van der Waals surface area contributed by atoms with Crippen molar-refractivity contribution in [1.82, 2.24) is 24.7 Å². The molecule has 0 aliphatic heterocycles. The molecule has 0 spiro atoms. The first-order valence-corrected chi connectivity index (χ1v) is 7.35. The second-order valence-corrected chi connectivity index (χ2v) is 5.08. The highest BCUT2D eigenvalue weighted by molar-refractivity contribution is 7.98. The highest BCUT2D eigenvalue weighted by atomic mass is 32.2. The Morgan fingerprint density at radius 1 is 1.42 bits per heavy atom. The van der Waals surface area contributed by atoms with Crippen LogP contribution in [-0.2, 0) is 0 Å². The summed E-state index contributed by atoms with van der Waals surface area (Å²) in [7, 11) is 0. The van der Waals surface area contributed by atoms with E-state index in [2.05, 4.69) is 38.5 Å². The molecule has 0 radical (unpaired) electrons. The average molecular weight is 279 g/mol. The molecule has 102 valence electrons. The molecule has 8 heteroatoms. The van der Waals surface area contributed by atoms with E-state index >= 15 is 0 Å². The van der Waals surface area contributed by atoms with Crippen molar-refractivity contribution < 1.29 is 0 Å². The first-order valence-electron chi connectivity index (χ1n) is 5.96. The van der Waals surface area contributed by atoms with Crippen LogP contribution in [0.3, 0.4) is 0 Å². The number of nitrogens with one attached hydrogen (secondary N) is 1. The number of nitrogens with two attached hydrogens (primary N) is 1. The molecule has 3 N–H and O–H groups in total. The average Bonchev–Trinajstić information content (AvgIpc) is 2.89. The minimum Gasteiger partial charge on any atom is -0.368 e.